The number of rotatable bonds is 4. The third kappa shape index (κ3) is 3.81. The lowest BCUT2D eigenvalue weighted by Crippen LogP contribution is -2.21. The summed E-state index contributed by atoms with van der Waals surface area (Å²) in [6, 6.07) is 7.47. The predicted octanol–water partition coefficient (Wildman–Crippen LogP) is 1.06. The van der Waals surface area contributed by atoms with Gasteiger partial charge in [-0.05, 0) is 24.1 Å². The number of aryl methyl sites for hydroxylation is 1. The van der Waals surface area contributed by atoms with Crippen molar-refractivity contribution in [2.24, 2.45) is 5.73 Å². The third-order valence-electron chi connectivity index (χ3n) is 1.98. The number of primary amides is 1. The van der Waals surface area contributed by atoms with Crippen LogP contribution in [0.15, 0.2) is 24.3 Å². The van der Waals surface area contributed by atoms with Crippen molar-refractivity contribution in [2.45, 2.75) is 19.8 Å². The van der Waals surface area contributed by atoms with Crippen LogP contribution in [-0.4, -0.2) is 11.8 Å². The van der Waals surface area contributed by atoms with Gasteiger partial charge in [-0.15, -0.1) is 0 Å². The molecule has 0 aliphatic rings. The number of carbonyl (C=O) groups excluding carboxylic acids is 2. The molecule has 0 aromatic heterocycles. The summed E-state index contributed by atoms with van der Waals surface area (Å²) in [6.45, 7) is 2.06. The number of nitrogens with one attached hydrogen (secondary N) is 1. The Hall–Kier alpha value is -1.84. The molecule has 0 heterocycles. The first-order valence-corrected chi connectivity index (χ1v) is 4.79. The number of anilines is 1. The van der Waals surface area contributed by atoms with Crippen LogP contribution in [-0.2, 0) is 16.0 Å². The number of benzene rings is 1. The standard InChI is InChI=1S/C11H14N2O2/c1-2-8-3-5-9(6-4-8)13-11(15)7-10(12)14/h3-6H,2,7H2,1H3,(H2,12,14)(H,13,15). The minimum atomic E-state index is -0.627. The number of nitrogens with two attached hydrogens (primary N) is 1. The van der Waals surface area contributed by atoms with Gasteiger partial charge < -0.3 is 11.1 Å². The number of hydrogen-bond donors (Lipinski definition) is 2. The van der Waals surface area contributed by atoms with E-state index in [1.165, 1.54) is 5.56 Å². The summed E-state index contributed by atoms with van der Waals surface area (Å²) < 4.78 is 0. The fourth-order valence-electron chi connectivity index (χ4n) is 1.19. The van der Waals surface area contributed by atoms with Gasteiger partial charge in [0.2, 0.25) is 11.8 Å². The van der Waals surface area contributed by atoms with E-state index in [4.69, 9.17) is 5.73 Å². The zero-order valence-electron chi connectivity index (χ0n) is 8.62. The molecule has 0 aliphatic carbocycles. The van der Waals surface area contributed by atoms with Gasteiger partial charge in [0.05, 0.1) is 0 Å². The van der Waals surface area contributed by atoms with Crippen molar-refractivity contribution in [3.05, 3.63) is 29.8 Å². The predicted molar refractivity (Wildman–Crippen MR) is 58.3 cm³/mol. The molecule has 0 saturated carbocycles. The normalized spacial score (nSPS) is 9.67. The fraction of sp³-hybridized carbons (Fsp3) is 0.273. The molecule has 2 amide bonds. The van der Waals surface area contributed by atoms with Crippen LogP contribution in [0.5, 0.6) is 0 Å². The highest BCUT2D eigenvalue weighted by Crippen LogP contribution is 2.09. The number of carbonyl (C=O) groups is 2. The molecule has 0 spiro atoms. The van der Waals surface area contributed by atoms with E-state index in [2.05, 4.69) is 12.2 Å². The first-order chi connectivity index (χ1) is 7.11. The Kier molecular flexibility index (Phi) is 3.85. The van der Waals surface area contributed by atoms with E-state index in [1.807, 2.05) is 12.1 Å². The van der Waals surface area contributed by atoms with Crippen LogP contribution in [0.25, 0.3) is 0 Å². The highest BCUT2D eigenvalue weighted by Gasteiger charge is 2.05. The monoisotopic (exact) mass is 206 g/mol. The lowest BCUT2D eigenvalue weighted by Gasteiger charge is -2.04. The number of amides is 2. The van der Waals surface area contributed by atoms with Crippen LogP contribution >= 0.6 is 0 Å². The van der Waals surface area contributed by atoms with E-state index >= 15 is 0 Å². The summed E-state index contributed by atoms with van der Waals surface area (Å²) in [6.07, 6.45) is 0.672. The summed E-state index contributed by atoms with van der Waals surface area (Å²) in [5.41, 5.74) is 6.77. The van der Waals surface area contributed by atoms with Gasteiger partial charge in [0, 0.05) is 5.69 Å². The molecule has 4 heteroatoms. The van der Waals surface area contributed by atoms with Crippen molar-refractivity contribution in [1.82, 2.24) is 0 Å². The second-order valence-electron chi connectivity index (χ2n) is 3.24. The van der Waals surface area contributed by atoms with Crippen LogP contribution in [0.4, 0.5) is 5.69 Å². The highest BCUT2D eigenvalue weighted by atomic mass is 16.2. The first-order valence-electron chi connectivity index (χ1n) is 4.79. The second kappa shape index (κ2) is 5.14. The molecule has 0 bridgehead atoms. The quantitative estimate of drug-likeness (QED) is 0.723. The Balaban J connectivity index is 2.57. The zero-order valence-corrected chi connectivity index (χ0v) is 8.62. The second-order valence-corrected chi connectivity index (χ2v) is 3.24. The molecular formula is C11H14N2O2. The summed E-state index contributed by atoms with van der Waals surface area (Å²) in [7, 11) is 0. The van der Waals surface area contributed by atoms with E-state index in [9.17, 15) is 9.59 Å². The van der Waals surface area contributed by atoms with Gasteiger partial charge in [0.25, 0.3) is 0 Å². The van der Waals surface area contributed by atoms with Crippen molar-refractivity contribution in [3.8, 4) is 0 Å². The van der Waals surface area contributed by atoms with E-state index in [0.717, 1.165) is 6.42 Å². The topological polar surface area (TPSA) is 72.2 Å². The van der Waals surface area contributed by atoms with Crippen molar-refractivity contribution in [2.75, 3.05) is 5.32 Å². The smallest absolute Gasteiger partial charge is 0.233 e. The molecule has 0 saturated heterocycles. The molecular weight excluding hydrogens is 192 g/mol. The molecule has 0 fully saturated rings. The first kappa shape index (κ1) is 11.2. The Bertz CT molecular complexity index is 357. The minimum Gasteiger partial charge on any atom is -0.369 e. The van der Waals surface area contributed by atoms with E-state index in [0.29, 0.717) is 5.69 Å². The molecule has 0 aliphatic heterocycles. The molecule has 0 radical (unpaired) electrons. The molecule has 1 aromatic rings. The van der Waals surface area contributed by atoms with Crippen LogP contribution < -0.4 is 11.1 Å². The fourth-order valence-corrected chi connectivity index (χ4v) is 1.19. The summed E-state index contributed by atoms with van der Waals surface area (Å²) in [5.74, 6) is -1.01. The Morgan fingerprint density at radius 3 is 2.33 bits per heavy atom. The molecule has 0 unspecified atom stereocenters. The van der Waals surface area contributed by atoms with Crippen LogP contribution in [0.3, 0.4) is 0 Å². The Morgan fingerprint density at radius 2 is 1.87 bits per heavy atom. The van der Waals surface area contributed by atoms with Crippen molar-refractivity contribution >= 4 is 17.5 Å². The molecule has 4 nitrogen and oxygen atoms in total. The van der Waals surface area contributed by atoms with Gasteiger partial charge in [-0.3, -0.25) is 9.59 Å². The Morgan fingerprint density at radius 1 is 1.27 bits per heavy atom. The van der Waals surface area contributed by atoms with Gasteiger partial charge in [-0.1, -0.05) is 19.1 Å². The highest BCUT2D eigenvalue weighted by molar-refractivity contribution is 6.02. The van der Waals surface area contributed by atoms with E-state index in [-0.39, 0.29) is 12.3 Å². The molecule has 0 atom stereocenters. The maximum atomic E-state index is 11.2. The SMILES string of the molecule is CCc1ccc(NC(=O)CC(N)=O)cc1. The lowest BCUT2D eigenvalue weighted by molar-refractivity contribution is -0.124. The lowest BCUT2D eigenvalue weighted by atomic mass is 10.1. The van der Waals surface area contributed by atoms with Crippen molar-refractivity contribution in [3.63, 3.8) is 0 Å². The number of hydrogen-bond acceptors (Lipinski definition) is 2. The van der Waals surface area contributed by atoms with Gasteiger partial charge in [0.1, 0.15) is 6.42 Å². The molecule has 3 N–H and O–H groups in total. The molecule has 80 valence electrons. The zero-order chi connectivity index (χ0) is 11.3. The summed E-state index contributed by atoms with van der Waals surface area (Å²) in [4.78, 5) is 21.6. The van der Waals surface area contributed by atoms with Crippen LogP contribution in [0.2, 0.25) is 0 Å². The van der Waals surface area contributed by atoms with Crippen LogP contribution in [0.1, 0.15) is 18.9 Å². The van der Waals surface area contributed by atoms with Crippen molar-refractivity contribution in [1.29, 1.82) is 0 Å². The largest absolute Gasteiger partial charge is 0.369 e. The molecule has 1 rings (SSSR count). The van der Waals surface area contributed by atoms with Crippen molar-refractivity contribution < 1.29 is 9.59 Å². The van der Waals surface area contributed by atoms with Gasteiger partial charge >= 0.3 is 0 Å². The average Bonchev–Trinajstić information content (AvgIpc) is 2.17. The minimum absolute atomic E-state index is 0.282. The van der Waals surface area contributed by atoms with E-state index < -0.39 is 5.91 Å². The third-order valence-corrected chi connectivity index (χ3v) is 1.98. The van der Waals surface area contributed by atoms with Gasteiger partial charge in [0.15, 0.2) is 0 Å². The summed E-state index contributed by atoms with van der Waals surface area (Å²) in [5, 5.41) is 2.58. The average molecular weight is 206 g/mol. The van der Waals surface area contributed by atoms with Gasteiger partial charge in [-0.2, -0.15) is 0 Å². The van der Waals surface area contributed by atoms with Gasteiger partial charge in [-0.25, -0.2) is 0 Å². The van der Waals surface area contributed by atoms with E-state index in [1.54, 1.807) is 12.1 Å². The maximum absolute atomic E-state index is 11.2. The van der Waals surface area contributed by atoms with Crippen LogP contribution in [0, 0.1) is 0 Å². The molecule has 15 heavy (non-hydrogen) atoms. The Labute approximate surface area is 88.5 Å². The molecule has 1 aromatic carbocycles. The maximum Gasteiger partial charge on any atom is 0.233 e. The summed E-state index contributed by atoms with van der Waals surface area (Å²) >= 11 is 0.